The highest BCUT2D eigenvalue weighted by atomic mass is 35.5. The van der Waals surface area contributed by atoms with Gasteiger partial charge in [-0.15, -0.1) is 0 Å². The molecule has 20 heavy (non-hydrogen) atoms. The van der Waals surface area contributed by atoms with Gasteiger partial charge in [-0.05, 0) is 18.2 Å². The standard InChI is InChI=1S/C15H12ClNO3/c1-19-12-3-2-4-13-15(12,8-17)14(18)10-7-9(16)5-6-11(10)20-13/h2-3,5-7,12-13H,4H2,1H3/t12?,13-,15+/m0/s1. The van der Waals surface area contributed by atoms with Gasteiger partial charge in [0.05, 0.1) is 11.6 Å². The first-order valence-corrected chi connectivity index (χ1v) is 6.63. The number of fused-ring (bicyclic) bond motifs is 2. The van der Waals surface area contributed by atoms with Gasteiger partial charge < -0.3 is 9.47 Å². The maximum Gasteiger partial charge on any atom is 0.193 e. The van der Waals surface area contributed by atoms with Crippen LogP contribution in [0.5, 0.6) is 5.75 Å². The van der Waals surface area contributed by atoms with E-state index in [2.05, 4.69) is 6.07 Å². The molecular formula is C15H12ClNO3. The minimum absolute atomic E-state index is 0.287. The number of benzene rings is 1. The van der Waals surface area contributed by atoms with Crippen LogP contribution in [0.1, 0.15) is 16.8 Å². The molecule has 2 aliphatic rings. The maximum atomic E-state index is 12.9. The molecule has 0 saturated heterocycles. The van der Waals surface area contributed by atoms with Gasteiger partial charge in [0, 0.05) is 18.6 Å². The predicted octanol–water partition coefficient (Wildman–Crippen LogP) is 2.77. The number of hydrogen-bond acceptors (Lipinski definition) is 4. The van der Waals surface area contributed by atoms with E-state index in [9.17, 15) is 10.1 Å². The van der Waals surface area contributed by atoms with Crippen LogP contribution in [0.3, 0.4) is 0 Å². The Morgan fingerprint density at radius 3 is 3.05 bits per heavy atom. The molecule has 0 aromatic heterocycles. The minimum atomic E-state index is -1.35. The molecule has 4 nitrogen and oxygen atoms in total. The quantitative estimate of drug-likeness (QED) is 0.746. The van der Waals surface area contributed by atoms with Gasteiger partial charge in [-0.2, -0.15) is 5.26 Å². The van der Waals surface area contributed by atoms with E-state index in [1.165, 1.54) is 7.11 Å². The van der Waals surface area contributed by atoms with Crippen molar-refractivity contribution in [3.63, 3.8) is 0 Å². The Morgan fingerprint density at radius 2 is 2.35 bits per heavy atom. The second-order valence-electron chi connectivity index (χ2n) is 4.88. The third-order valence-electron chi connectivity index (χ3n) is 3.89. The third-order valence-corrected chi connectivity index (χ3v) is 4.12. The van der Waals surface area contributed by atoms with Gasteiger partial charge in [0.1, 0.15) is 18.0 Å². The van der Waals surface area contributed by atoms with Gasteiger partial charge in [-0.3, -0.25) is 4.79 Å². The van der Waals surface area contributed by atoms with E-state index < -0.39 is 17.6 Å². The lowest BCUT2D eigenvalue weighted by atomic mass is 9.67. The van der Waals surface area contributed by atoms with Crippen LogP contribution in [0.2, 0.25) is 5.02 Å². The van der Waals surface area contributed by atoms with E-state index in [0.29, 0.717) is 22.8 Å². The third kappa shape index (κ3) is 1.60. The molecule has 3 atom stereocenters. The van der Waals surface area contributed by atoms with Crippen LogP contribution < -0.4 is 4.74 Å². The summed E-state index contributed by atoms with van der Waals surface area (Å²) in [5.74, 6) is 0.186. The van der Waals surface area contributed by atoms with Gasteiger partial charge in [0.25, 0.3) is 0 Å². The monoisotopic (exact) mass is 289 g/mol. The summed E-state index contributed by atoms with van der Waals surface area (Å²) in [6.45, 7) is 0. The highest BCUT2D eigenvalue weighted by molar-refractivity contribution is 6.31. The van der Waals surface area contributed by atoms with E-state index in [1.807, 2.05) is 6.08 Å². The number of halogens is 1. The number of methoxy groups -OCH3 is 1. The van der Waals surface area contributed by atoms with Gasteiger partial charge in [-0.25, -0.2) is 0 Å². The van der Waals surface area contributed by atoms with Crippen LogP contribution in [-0.2, 0) is 4.74 Å². The van der Waals surface area contributed by atoms with Crippen molar-refractivity contribution in [3.8, 4) is 11.8 Å². The van der Waals surface area contributed by atoms with Crippen molar-refractivity contribution in [1.82, 2.24) is 0 Å². The van der Waals surface area contributed by atoms with Crippen LogP contribution in [0, 0.1) is 16.7 Å². The summed E-state index contributed by atoms with van der Waals surface area (Å²) in [5, 5.41) is 10.1. The summed E-state index contributed by atoms with van der Waals surface area (Å²) in [4.78, 5) is 12.9. The molecule has 1 aliphatic carbocycles. The summed E-state index contributed by atoms with van der Waals surface area (Å²) < 4.78 is 11.2. The minimum Gasteiger partial charge on any atom is -0.487 e. The summed E-state index contributed by atoms with van der Waals surface area (Å²) >= 11 is 5.94. The van der Waals surface area contributed by atoms with Gasteiger partial charge in [0.2, 0.25) is 0 Å². The molecule has 0 amide bonds. The smallest absolute Gasteiger partial charge is 0.193 e. The van der Waals surface area contributed by atoms with E-state index in [4.69, 9.17) is 21.1 Å². The van der Waals surface area contributed by atoms with Crippen LogP contribution >= 0.6 is 11.6 Å². The lowest BCUT2D eigenvalue weighted by Gasteiger charge is -2.43. The van der Waals surface area contributed by atoms with Crippen molar-refractivity contribution in [2.24, 2.45) is 5.41 Å². The average molecular weight is 290 g/mol. The zero-order valence-corrected chi connectivity index (χ0v) is 11.6. The van der Waals surface area contributed by atoms with E-state index in [0.717, 1.165) is 0 Å². The molecule has 0 fully saturated rings. The number of Topliss-reactive ketones (excluding diaryl/α,β-unsaturated/α-hetero) is 1. The highest BCUT2D eigenvalue weighted by Gasteiger charge is 2.58. The summed E-state index contributed by atoms with van der Waals surface area (Å²) in [7, 11) is 1.48. The largest absolute Gasteiger partial charge is 0.487 e. The molecular weight excluding hydrogens is 278 g/mol. The molecule has 3 rings (SSSR count). The fraction of sp³-hybridized carbons (Fsp3) is 0.333. The number of nitrogens with zero attached hydrogens (tertiary/aromatic N) is 1. The van der Waals surface area contributed by atoms with Gasteiger partial charge in [0.15, 0.2) is 11.2 Å². The van der Waals surface area contributed by atoms with Crippen LogP contribution in [0.15, 0.2) is 30.4 Å². The topological polar surface area (TPSA) is 59.3 Å². The van der Waals surface area contributed by atoms with Crippen molar-refractivity contribution in [2.75, 3.05) is 7.11 Å². The van der Waals surface area contributed by atoms with Gasteiger partial charge in [-0.1, -0.05) is 23.8 Å². The zero-order valence-electron chi connectivity index (χ0n) is 10.8. The number of ether oxygens (including phenoxy) is 2. The highest BCUT2D eigenvalue weighted by Crippen LogP contribution is 2.46. The molecule has 102 valence electrons. The molecule has 0 spiro atoms. The average Bonchev–Trinajstić information content (AvgIpc) is 2.47. The molecule has 0 saturated carbocycles. The number of nitriles is 1. The number of carbonyl (C=O) groups is 1. The van der Waals surface area contributed by atoms with E-state index in [-0.39, 0.29) is 5.78 Å². The maximum absolute atomic E-state index is 12.9. The molecule has 1 unspecified atom stereocenters. The van der Waals surface area contributed by atoms with Crippen LogP contribution in [-0.4, -0.2) is 25.1 Å². The lowest BCUT2D eigenvalue weighted by molar-refractivity contribution is -0.0211. The number of carbonyl (C=O) groups excluding carboxylic acids is 1. The fourth-order valence-electron chi connectivity index (χ4n) is 2.87. The summed E-state index contributed by atoms with van der Waals surface area (Å²) in [5.41, 5.74) is -1.01. The molecule has 1 aromatic carbocycles. The van der Waals surface area contributed by atoms with Crippen molar-refractivity contribution in [2.45, 2.75) is 18.6 Å². The first-order valence-electron chi connectivity index (χ1n) is 6.25. The Kier molecular flexibility index (Phi) is 3.04. The van der Waals surface area contributed by atoms with Crippen molar-refractivity contribution in [1.29, 1.82) is 5.26 Å². The van der Waals surface area contributed by atoms with E-state index in [1.54, 1.807) is 24.3 Å². The van der Waals surface area contributed by atoms with Crippen molar-refractivity contribution in [3.05, 3.63) is 40.9 Å². The Hall–Kier alpha value is -1.83. The zero-order chi connectivity index (χ0) is 14.3. The summed E-state index contributed by atoms with van der Waals surface area (Å²) in [6, 6.07) is 7.01. The number of ketones is 1. The van der Waals surface area contributed by atoms with E-state index >= 15 is 0 Å². The molecule has 1 heterocycles. The number of rotatable bonds is 1. The SMILES string of the molecule is COC1C=CC[C@@H]2Oc3ccc(Cl)cc3C(=O)[C@]12C#N. The second kappa shape index (κ2) is 4.62. The molecule has 0 N–H and O–H groups in total. The lowest BCUT2D eigenvalue weighted by Crippen LogP contribution is -2.56. The fourth-order valence-corrected chi connectivity index (χ4v) is 3.04. The Labute approximate surface area is 121 Å². The van der Waals surface area contributed by atoms with Crippen molar-refractivity contribution >= 4 is 17.4 Å². The Balaban J connectivity index is 2.20. The first kappa shape index (κ1) is 13.2. The normalized spacial score (nSPS) is 30.9. The van der Waals surface area contributed by atoms with Crippen LogP contribution in [0.4, 0.5) is 0 Å². The number of hydrogen-bond donors (Lipinski definition) is 0. The predicted molar refractivity (Wildman–Crippen MR) is 72.8 cm³/mol. The molecule has 0 bridgehead atoms. The van der Waals surface area contributed by atoms with Crippen LogP contribution in [0.25, 0.3) is 0 Å². The first-order chi connectivity index (χ1) is 9.63. The van der Waals surface area contributed by atoms with Gasteiger partial charge >= 0.3 is 0 Å². The van der Waals surface area contributed by atoms with Crippen molar-refractivity contribution < 1.29 is 14.3 Å². The molecule has 0 radical (unpaired) electrons. The Bertz CT molecular complexity index is 649. The second-order valence-corrected chi connectivity index (χ2v) is 5.31. The summed E-state index contributed by atoms with van der Waals surface area (Å²) in [6.07, 6.45) is 2.97. The Morgan fingerprint density at radius 1 is 1.55 bits per heavy atom. The molecule has 5 heteroatoms. The molecule has 1 aliphatic heterocycles. The molecule has 1 aromatic rings.